The van der Waals surface area contributed by atoms with E-state index in [1.165, 1.54) is 0 Å². The first kappa shape index (κ1) is 24.8. The van der Waals surface area contributed by atoms with Crippen molar-refractivity contribution < 1.29 is 18.8 Å². The summed E-state index contributed by atoms with van der Waals surface area (Å²) < 4.78 is 16.7. The summed E-state index contributed by atoms with van der Waals surface area (Å²) in [6.07, 6.45) is 0.834. The molecule has 184 valence electrons. The van der Waals surface area contributed by atoms with Gasteiger partial charge in [0, 0.05) is 29.4 Å². The third kappa shape index (κ3) is 5.66. The van der Waals surface area contributed by atoms with Crippen molar-refractivity contribution in [1.82, 2.24) is 20.4 Å². The highest BCUT2D eigenvalue weighted by atomic mass is 35.5. The van der Waals surface area contributed by atoms with Gasteiger partial charge >= 0.3 is 6.03 Å². The maximum absolute atomic E-state index is 13.1. The van der Waals surface area contributed by atoms with Gasteiger partial charge in [-0.1, -0.05) is 41.0 Å². The first-order valence-electron chi connectivity index (χ1n) is 11.5. The Balaban J connectivity index is 1.71. The van der Waals surface area contributed by atoms with E-state index in [2.05, 4.69) is 15.5 Å². The fourth-order valence-electron chi connectivity index (χ4n) is 3.99. The number of urea groups is 1. The van der Waals surface area contributed by atoms with Crippen LogP contribution in [-0.4, -0.2) is 47.4 Å². The van der Waals surface area contributed by atoms with E-state index in [-0.39, 0.29) is 12.1 Å². The van der Waals surface area contributed by atoms with Crippen LogP contribution in [0.5, 0.6) is 5.75 Å². The highest BCUT2D eigenvalue weighted by Crippen LogP contribution is 2.38. The maximum Gasteiger partial charge on any atom is 0.322 e. The second-order valence-corrected chi connectivity index (χ2v) is 8.95. The average Bonchev–Trinajstić information content (AvgIpc) is 3.33. The standard InChI is InChI=1S/C26H29ClN4O4/c1-16(2)34-14-6-13-31-17(3)22(23(28-26(31)32)18-9-11-21(33-4)12-10-18)25-29-24(30-35-25)19-7-5-8-20(27)15-19/h5,7-12,15-16,23H,6,13-14H2,1-4H3,(H,28,32). The summed E-state index contributed by atoms with van der Waals surface area (Å²) in [5.74, 6) is 1.48. The molecule has 1 N–H and O–H groups in total. The second kappa shape index (κ2) is 10.9. The van der Waals surface area contributed by atoms with Gasteiger partial charge in [0.1, 0.15) is 5.75 Å². The number of aromatic nitrogens is 2. The Labute approximate surface area is 209 Å². The molecule has 8 nitrogen and oxygen atoms in total. The van der Waals surface area contributed by atoms with E-state index in [0.29, 0.717) is 36.3 Å². The van der Waals surface area contributed by atoms with E-state index in [1.807, 2.05) is 57.2 Å². The summed E-state index contributed by atoms with van der Waals surface area (Å²) in [6, 6.07) is 14.2. The molecule has 2 aromatic carbocycles. The number of nitrogens with one attached hydrogen (secondary N) is 1. The number of carbonyl (C=O) groups excluding carboxylic acids is 1. The van der Waals surface area contributed by atoms with Gasteiger partial charge in [0.05, 0.1) is 24.8 Å². The minimum Gasteiger partial charge on any atom is -0.497 e. The Bertz CT molecular complexity index is 1210. The molecule has 0 fully saturated rings. The predicted octanol–water partition coefficient (Wildman–Crippen LogP) is 5.71. The maximum atomic E-state index is 13.1. The fraction of sp³-hybridized carbons (Fsp3) is 0.346. The number of hydrogen-bond donors (Lipinski definition) is 1. The molecular weight excluding hydrogens is 468 g/mol. The first-order valence-corrected chi connectivity index (χ1v) is 11.9. The second-order valence-electron chi connectivity index (χ2n) is 8.51. The average molecular weight is 497 g/mol. The third-order valence-electron chi connectivity index (χ3n) is 5.76. The zero-order chi connectivity index (χ0) is 24.9. The Morgan fingerprint density at radius 1 is 1.20 bits per heavy atom. The van der Waals surface area contributed by atoms with E-state index in [4.69, 9.17) is 25.6 Å². The molecule has 35 heavy (non-hydrogen) atoms. The molecule has 1 atom stereocenters. The molecule has 2 amide bonds. The lowest BCUT2D eigenvalue weighted by Crippen LogP contribution is -2.46. The van der Waals surface area contributed by atoms with Gasteiger partial charge in [0.15, 0.2) is 0 Å². The molecule has 9 heteroatoms. The van der Waals surface area contributed by atoms with Crippen molar-refractivity contribution in [3.63, 3.8) is 0 Å². The predicted molar refractivity (Wildman–Crippen MR) is 134 cm³/mol. The van der Waals surface area contributed by atoms with Crippen molar-refractivity contribution in [3.05, 3.63) is 70.7 Å². The monoisotopic (exact) mass is 496 g/mol. The lowest BCUT2D eigenvalue weighted by molar-refractivity contribution is 0.0736. The summed E-state index contributed by atoms with van der Waals surface area (Å²) in [5.41, 5.74) is 3.11. The Hall–Kier alpha value is -3.36. The van der Waals surface area contributed by atoms with Crippen molar-refractivity contribution >= 4 is 23.2 Å². The van der Waals surface area contributed by atoms with Gasteiger partial charge in [-0.2, -0.15) is 4.98 Å². The molecule has 1 aliphatic heterocycles. The molecule has 1 aromatic heterocycles. The number of nitrogens with zero attached hydrogens (tertiary/aromatic N) is 3. The zero-order valence-corrected chi connectivity index (χ0v) is 21.0. The van der Waals surface area contributed by atoms with Crippen LogP contribution in [0.25, 0.3) is 17.0 Å². The molecule has 3 aromatic rings. The number of ether oxygens (including phenoxy) is 2. The lowest BCUT2D eigenvalue weighted by Gasteiger charge is -2.35. The largest absolute Gasteiger partial charge is 0.497 e. The number of benzene rings is 2. The number of allylic oxidation sites excluding steroid dienone is 1. The van der Waals surface area contributed by atoms with Crippen LogP contribution < -0.4 is 10.1 Å². The van der Waals surface area contributed by atoms with Crippen molar-refractivity contribution in [2.24, 2.45) is 0 Å². The van der Waals surface area contributed by atoms with Gasteiger partial charge in [0.25, 0.3) is 5.89 Å². The lowest BCUT2D eigenvalue weighted by atomic mass is 9.94. The quantitative estimate of drug-likeness (QED) is 0.381. The summed E-state index contributed by atoms with van der Waals surface area (Å²) in [5, 5.41) is 7.87. The fourth-order valence-corrected chi connectivity index (χ4v) is 4.18. The van der Waals surface area contributed by atoms with E-state index in [9.17, 15) is 4.79 Å². The summed E-state index contributed by atoms with van der Waals surface area (Å²) >= 11 is 6.15. The van der Waals surface area contributed by atoms with E-state index in [0.717, 1.165) is 28.1 Å². The van der Waals surface area contributed by atoms with Gasteiger partial charge in [-0.3, -0.25) is 4.90 Å². The SMILES string of the molecule is COc1ccc(C2NC(=O)N(CCCOC(C)C)C(C)=C2c2nc(-c3cccc(Cl)c3)no2)cc1. The van der Waals surface area contributed by atoms with Crippen molar-refractivity contribution in [2.75, 3.05) is 20.3 Å². The normalized spacial score (nSPS) is 16.1. The number of carbonyl (C=O) groups is 1. The van der Waals surface area contributed by atoms with E-state index in [1.54, 1.807) is 24.1 Å². The molecule has 0 bridgehead atoms. The molecular formula is C26H29ClN4O4. The smallest absolute Gasteiger partial charge is 0.322 e. The Kier molecular flexibility index (Phi) is 7.73. The first-order chi connectivity index (χ1) is 16.9. The van der Waals surface area contributed by atoms with Crippen LogP contribution >= 0.6 is 11.6 Å². The van der Waals surface area contributed by atoms with Crippen LogP contribution in [-0.2, 0) is 4.74 Å². The molecule has 1 aliphatic rings. The van der Waals surface area contributed by atoms with Crippen LogP contribution in [0, 0.1) is 0 Å². The number of methoxy groups -OCH3 is 1. The van der Waals surface area contributed by atoms with E-state index < -0.39 is 6.04 Å². The topological polar surface area (TPSA) is 89.7 Å². The van der Waals surface area contributed by atoms with Crippen molar-refractivity contribution in [3.8, 4) is 17.1 Å². The van der Waals surface area contributed by atoms with Gasteiger partial charge in [0.2, 0.25) is 5.82 Å². The van der Waals surface area contributed by atoms with Crippen molar-refractivity contribution in [2.45, 2.75) is 39.3 Å². The summed E-state index contributed by atoms with van der Waals surface area (Å²) in [6.45, 7) is 6.94. The Morgan fingerprint density at radius 3 is 2.66 bits per heavy atom. The van der Waals surface area contributed by atoms with Crippen LogP contribution in [0.3, 0.4) is 0 Å². The summed E-state index contributed by atoms with van der Waals surface area (Å²) in [4.78, 5) is 19.5. The van der Waals surface area contributed by atoms with Crippen LogP contribution in [0.15, 0.2) is 58.8 Å². The number of halogens is 1. The molecule has 1 unspecified atom stereocenters. The molecule has 2 heterocycles. The minimum absolute atomic E-state index is 0.139. The minimum atomic E-state index is -0.468. The van der Waals surface area contributed by atoms with E-state index >= 15 is 0 Å². The van der Waals surface area contributed by atoms with Crippen LogP contribution in [0.4, 0.5) is 4.79 Å². The third-order valence-corrected chi connectivity index (χ3v) is 6.00. The molecule has 4 rings (SSSR count). The molecule has 0 aliphatic carbocycles. The number of rotatable bonds is 9. The Morgan fingerprint density at radius 2 is 1.97 bits per heavy atom. The highest BCUT2D eigenvalue weighted by Gasteiger charge is 2.35. The van der Waals surface area contributed by atoms with Crippen LogP contribution in [0.2, 0.25) is 5.02 Å². The number of amides is 2. The molecule has 0 radical (unpaired) electrons. The van der Waals surface area contributed by atoms with Crippen LogP contribution in [0.1, 0.15) is 44.7 Å². The molecule has 0 saturated carbocycles. The van der Waals surface area contributed by atoms with Gasteiger partial charge < -0.3 is 19.3 Å². The summed E-state index contributed by atoms with van der Waals surface area (Å²) in [7, 11) is 1.61. The molecule has 0 saturated heterocycles. The van der Waals surface area contributed by atoms with Gasteiger partial charge in [-0.05, 0) is 57.0 Å². The van der Waals surface area contributed by atoms with Crippen molar-refractivity contribution in [1.29, 1.82) is 0 Å². The highest BCUT2D eigenvalue weighted by molar-refractivity contribution is 6.30. The zero-order valence-electron chi connectivity index (χ0n) is 20.2. The number of hydrogen-bond acceptors (Lipinski definition) is 6. The molecule has 0 spiro atoms. The van der Waals surface area contributed by atoms with Gasteiger partial charge in [-0.25, -0.2) is 4.79 Å². The van der Waals surface area contributed by atoms with Gasteiger partial charge in [-0.15, -0.1) is 0 Å².